The predicted molar refractivity (Wildman–Crippen MR) is 126 cm³/mol. The fraction of sp³-hybridized carbons (Fsp3) is 0.348. The first-order chi connectivity index (χ1) is 16.0. The van der Waals surface area contributed by atoms with E-state index in [0.29, 0.717) is 35.1 Å². The van der Waals surface area contributed by atoms with Gasteiger partial charge in [0.1, 0.15) is 12.2 Å². The number of amides is 2. The largest absolute Gasteiger partial charge is 0.342 e. The number of thiophene rings is 1. The van der Waals surface area contributed by atoms with Crippen LogP contribution in [-0.2, 0) is 4.79 Å². The molecule has 4 aromatic heterocycles. The molecule has 33 heavy (non-hydrogen) atoms. The van der Waals surface area contributed by atoms with Gasteiger partial charge in [-0.05, 0) is 44.4 Å². The van der Waals surface area contributed by atoms with E-state index in [0.717, 1.165) is 17.0 Å². The highest BCUT2D eigenvalue weighted by Gasteiger charge is 2.23. The number of imidazole rings is 1. The minimum Gasteiger partial charge on any atom is -0.342 e. The van der Waals surface area contributed by atoms with Crippen molar-refractivity contribution in [1.29, 1.82) is 0 Å². The molecule has 10 heteroatoms. The Morgan fingerprint density at radius 2 is 2.15 bits per heavy atom. The molecule has 5 rings (SSSR count). The highest BCUT2D eigenvalue weighted by Crippen LogP contribution is 2.34. The second-order valence-electron chi connectivity index (χ2n) is 8.49. The molecule has 0 bridgehead atoms. The van der Waals surface area contributed by atoms with Gasteiger partial charge in [-0.15, -0.1) is 11.3 Å². The highest BCUT2D eigenvalue weighted by atomic mass is 32.1. The molecule has 170 valence electrons. The number of anilines is 1. The van der Waals surface area contributed by atoms with E-state index in [2.05, 4.69) is 36.9 Å². The maximum Gasteiger partial charge on any atom is 0.253 e. The van der Waals surface area contributed by atoms with Gasteiger partial charge in [-0.25, -0.2) is 9.97 Å². The van der Waals surface area contributed by atoms with Crippen LogP contribution in [-0.4, -0.2) is 36.4 Å². The zero-order valence-electron chi connectivity index (χ0n) is 18.5. The lowest BCUT2D eigenvalue weighted by atomic mass is 10.2. The maximum atomic E-state index is 13.1. The Kier molecular flexibility index (Phi) is 5.67. The number of aromatic nitrogens is 5. The number of nitrogens with one attached hydrogen (secondary N) is 3. The van der Waals surface area contributed by atoms with Gasteiger partial charge < -0.3 is 10.6 Å². The SMILES string of the molecule is Cc1ccc(-c2cnc3c(NC(=O)CCC4CC4)cc(C(=O)N[C@@H](C)c4ncn[nH]4)cn23)s1. The van der Waals surface area contributed by atoms with E-state index in [-0.39, 0.29) is 17.9 Å². The van der Waals surface area contributed by atoms with Crippen LogP contribution in [0.15, 0.2) is 36.9 Å². The molecule has 4 heterocycles. The number of nitrogens with zero attached hydrogens (tertiary/aromatic N) is 4. The molecule has 1 aliphatic carbocycles. The van der Waals surface area contributed by atoms with Gasteiger partial charge in [0, 0.05) is 17.5 Å². The van der Waals surface area contributed by atoms with E-state index in [1.807, 2.05) is 24.3 Å². The first-order valence-corrected chi connectivity index (χ1v) is 11.8. The molecule has 0 spiro atoms. The van der Waals surface area contributed by atoms with Gasteiger partial charge in [0.2, 0.25) is 5.91 Å². The van der Waals surface area contributed by atoms with E-state index >= 15 is 0 Å². The van der Waals surface area contributed by atoms with Gasteiger partial charge >= 0.3 is 0 Å². The lowest BCUT2D eigenvalue weighted by molar-refractivity contribution is -0.116. The Bertz CT molecular complexity index is 1300. The van der Waals surface area contributed by atoms with Gasteiger partial charge in [-0.1, -0.05) is 12.8 Å². The van der Waals surface area contributed by atoms with Crippen LogP contribution >= 0.6 is 11.3 Å². The summed E-state index contributed by atoms with van der Waals surface area (Å²) in [5.41, 5.74) is 2.42. The second kappa shape index (κ2) is 8.78. The molecular weight excluding hydrogens is 438 g/mol. The number of hydrogen-bond donors (Lipinski definition) is 3. The Morgan fingerprint density at radius 1 is 1.30 bits per heavy atom. The molecule has 4 aromatic rings. The Hall–Kier alpha value is -3.53. The van der Waals surface area contributed by atoms with Crippen LogP contribution in [0.4, 0.5) is 5.69 Å². The Morgan fingerprint density at radius 3 is 2.85 bits per heavy atom. The van der Waals surface area contributed by atoms with Gasteiger partial charge in [-0.2, -0.15) is 5.10 Å². The summed E-state index contributed by atoms with van der Waals surface area (Å²) in [5, 5.41) is 12.5. The fourth-order valence-electron chi connectivity index (χ4n) is 3.78. The summed E-state index contributed by atoms with van der Waals surface area (Å²) in [6, 6.07) is 5.42. The van der Waals surface area contributed by atoms with Crippen molar-refractivity contribution in [2.75, 3.05) is 5.32 Å². The molecule has 0 saturated heterocycles. The quantitative estimate of drug-likeness (QED) is 0.364. The first kappa shape index (κ1) is 21.3. The van der Waals surface area contributed by atoms with E-state index in [9.17, 15) is 9.59 Å². The zero-order chi connectivity index (χ0) is 22.9. The van der Waals surface area contributed by atoms with Crippen LogP contribution in [0.2, 0.25) is 0 Å². The number of fused-ring (bicyclic) bond motifs is 1. The number of rotatable bonds is 8. The van der Waals surface area contributed by atoms with Crippen molar-refractivity contribution < 1.29 is 9.59 Å². The minimum atomic E-state index is -0.352. The van der Waals surface area contributed by atoms with E-state index in [1.54, 1.807) is 29.8 Å². The third kappa shape index (κ3) is 4.65. The van der Waals surface area contributed by atoms with Crippen molar-refractivity contribution in [3.05, 3.63) is 53.2 Å². The minimum absolute atomic E-state index is 0.0621. The van der Waals surface area contributed by atoms with Gasteiger partial charge in [0.15, 0.2) is 5.65 Å². The monoisotopic (exact) mass is 463 g/mol. The van der Waals surface area contributed by atoms with E-state index in [1.165, 1.54) is 24.0 Å². The number of carbonyl (C=O) groups excluding carboxylic acids is 2. The standard InChI is InChI=1S/C23H25N7O2S/c1-13-3-7-19(33-13)18-10-24-22-17(28-20(31)8-6-15-4-5-15)9-16(11-30(18)22)23(32)27-14(2)21-25-12-26-29-21/h3,7,9-12,14-15H,4-6,8H2,1-2H3,(H,27,32)(H,28,31)(H,25,26,29)/t14-/m0/s1. The first-order valence-electron chi connectivity index (χ1n) is 11.0. The Labute approximate surface area is 194 Å². The zero-order valence-corrected chi connectivity index (χ0v) is 19.3. The average Bonchev–Trinajstić information content (AvgIpc) is 3.17. The molecule has 1 aliphatic rings. The van der Waals surface area contributed by atoms with Crippen molar-refractivity contribution in [3.63, 3.8) is 0 Å². The van der Waals surface area contributed by atoms with Crippen LogP contribution in [0.3, 0.4) is 0 Å². The molecule has 3 N–H and O–H groups in total. The average molecular weight is 464 g/mol. The number of pyridine rings is 1. The molecule has 2 amide bonds. The number of H-pyrrole nitrogens is 1. The van der Waals surface area contributed by atoms with Crippen LogP contribution < -0.4 is 10.6 Å². The summed E-state index contributed by atoms with van der Waals surface area (Å²) in [7, 11) is 0. The number of carbonyl (C=O) groups is 2. The van der Waals surface area contributed by atoms with Crippen LogP contribution in [0, 0.1) is 12.8 Å². The number of aromatic amines is 1. The molecule has 1 saturated carbocycles. The van der Waals surface area contributed by atoms with Crippen LogP contribution in [0.1, 0.15) is 59.7 Å². The molecule has 1 fully saturated rings. The van der Waals surface area contributed by atoms with Crippen molar-refractivity contribution in [3.8, 4) is 10.6 Å². The lowest BCUT2D eigenvalue weighted by Crippen LogP contribution is -2.28. The molecule has 0 unspecified atom stereocenters. The molecule has 9 nitrogen and oxygen atoms in total. The summed E-state index contributed by atoms with van der Waals surface area (Å²) >= 11 is 1.65. The number of hydrogen-bond acceptors (Lipinski definition) is 6. The summed E-state index contributed by atoms with van der Waals surface area (Å²) in [4.78, 5) is 36.6. The summed E-state index contributed by atoms with van der Waals surface area (Å²) in [6.45, 7) is 3.88. The van der Waals surface area contributed by atoms with Crippen molar-refractivity contribution >= 4 is 34.5 Å². The summed E-state index contributed by atoms with van der Waals surface area (Å²) in [5.74, 6) is 0.894. The Balaban J connectivity index is 1.48. The van der Waals surface area contributed by atoms with Gasteiger partial charge in [0.05, 0.1) is 34.1 Å². The molecule has 0 radical (unpaired) electrons. The predicted octanol–water partition coefficient (Wildman–Crippen LogP) is 4.11. The highest BCUT2D eigenvalue weighted by molar-refractivity contribution is 7.15. The van der Waals surface area contributed by atoms with Crippen molar-refractivity contribution in [2.24, 2.45) is 5.92 Å². The smallest absolute Gasteiger partial charge is 0.253 e. The third-order valence-electron chi connectivity index (χ3n) is 5.80. The number of aryl methyl sites for hydroxylation is 1. The van der Waals surface area contributed by atoms with Gasteiger partial charge in [-0.3, -0.25) is 19.1 Å². The summed E-state index contributed by atoms with van der Waals surface area (Å²) in [6.07, 6.45) is 8.72. The summed E-state index contributed by atoms with van der Waals surface area (Å²) < 4.78 is 1.87. The van der Waals surface area contributed by atoms with Crippen LogP contribution in [0.25, 0.3) is 16.2 Å². The maximum absolute atomic E-state index is 13.1. The molecular formula is C23H25N7O2S. The van der Waals surface area contributed by atoms with Crippen molar-refractivity contribution in [1.82, 2.24) is 29.9 Å². The fourth-order valence-corrected chi connectivity index (χ4v) is 4.66. The van der Waals surface area contributed by atoms with Gasteiger partial charge in [0.25, 0.3) is 5.91 Å². The normalized spacial score (nSPS) is 14.4. The third-order valence-corrected chi connectivity index (χ3v) is 6.83. The second-order valence-corrected chi connectivity index (χ2v) is 9.77. The molecule has 0 aliphatic heterocycles. The van der Waals surface area contributed by atoms with E-state index < -0.39 is 0 Å². The van der Waals surface area contributed by atoms with E-state index in [4.69, 9.17) is 0 Å². The molecule has 1 atom stereocenters. The van der Waals surface area contributed by atoms with Crippen molar-refractivity contribution in [2.45, 2.75) is 45.6 Å². The lowest BCUT2D eigenvalue weighted by Gasteiger charge is -2.14. The topological polar surface area (TPSA) is 117 Å². The van der Waals surface area contributed by atoms with Crippen LogP contribution in [0.5, 0.6) is 0 Å². The molecule has 0 aromatic carbocycles.